The number of rotatable bonds is 5. The van der Waals surface area contributed by atoms with Crippen molar-refractivity contribution >= 4 is 18.3 Å². The largest absolute Gasteiger partial charge is 0.368 e. The highest BCUT2D eigenvalue weighted by Gasteiger charge is 2.45. The lowest BCUT2D eigenvalue weighted by Gasteiger charge is -2.35. The van der Waals surface area contributed by atoms with Crippen LogP contribution in [0.25, 0.3) is 0 Å². The molecule has 1 amide bonds. The Kier molecular flexibility index (Phi) is 5.83. The zero-order valence-electron chi connectivity index (χ0n) is 11.5. The first kappa shape index (κ1) is 16.0. The molecule has 0 aromatic heterocycles. The minimum atomic E-state index is -0.461. The highest BCUT2D eigenvalue weighted by Crippen LogP contribution is 2.32. The summed E-state index contributed by atoms with van der Waals surface area (Å²) in [6.07, 6.45) is 3.75. The first-order valence-electron chi connectivity index (χ1n) is 6.78. The van der Waals surface area contributed by atoms with Gasteiger partial charge in [0, 0.05) is 0 Å². The minimum Gasteiger partial charge on any atom is -0.368 e. The molecular weight excluding hydrogens is 260 g/mol. The summed E-state index contributed by atoms with van der Waals surface area (Å²) in [5, 5.41) is 0. The van der Waals surface area contributed by atoms with E-state index in [1.54, 1.807) is 0 Å². The molecule has 1 heterocycles. The smallest absolute Gasteiger partial charge is 0.238 e. The normalized spacial score (nSPS) is 23.0. The van der Waals surface area contributed by atoms with Gasteiger partial charge >= 0.3 is 0 Å². The van der Waals surface area contributed by atoms with Crippen molar-refractivity contribution in [1.29, 1.82) is 0 Å². The van der Waals surface area contributed by atoms with E-state index in [0.717, 1.165) is 38.8 Å². The van der Waals surface area contributed by atoms with Crippen LogP contribution < -0.4 is 5.73 Å². The Balaban J connectivity index is 0.00000180. The lowest BCUT2D eigenvalue weighted by Crippen LogP contribution is -2.55. The number of carbonyl (C=O) groups is 1. The molecule has 1 aliphatic heterocycles. The quantitative estimate of drug-likeness (QED) is 0.901. The van der Waals surface area contributed by atoms with Gasteiger partial charge in [-0.3, -0.25) is 9.69 Å². The molecule has 0 aliphatic carbocycles. The first-order valence-corrected chi connectivity index (χ1v) is 6.78. The van der Waals surface area contributed by atoms with Crippen molar-refractivity contribution in [2.75, 3.05) is 13.1 Å². The number of hydrogen-bond acceptors (Lipinski definition) is 2. The van der Waals surface area contributed by atoms with Gasteiger partial charge in [-0.2, -0.15) is 0 Å². The van der Waals surface area contributed by atoms with Crippen LogP contribution in [0, 0.1) is 0 Å². The van der Waals surface area contributed by atoms with Crippen molar-refractivity contribution in [3.05, 3.63) is 35.9 Å². The second kappa shape index (κ2) is 6.92. The fraction of sp³-hybridized carbons (Fsp3) is 0.533. The van der Waals surface area contributed by atoms with Crippen molar-refractivity contribution < 1.29 is 4.79 Å². The summed E-state index contributed by atoms with van der Waals surface area (Å²) >= 11 is 0. The molecule has 106 valence electrons. The van der Waals surface area contributed by atoms with E-state index in [4.69, 9.17) is 5.73 Å². The van der Waals surface area contributed by atoms with Crippen molar-refractivity contribution in [1.82, 2.24) is 4.90 Å². The lowest BCUT2D eigenvalue weighted by molar-refractivity contribution is -0.128. The number of amides is 1. The number of primary amides is 1. The van der Waals surface area contributed by atoms with Crippen molar-refractivity contribution in [3.63, 3.8) is 0 Å². The van der Waals surface area contributed by atoms with Crippen LogP contribution in [0.1, 0.15) is 31.7 Å². The Hall–Kier alpha value is -1.06. The molecule has 1 fully saturated rings. The summed E-state index contributed by atoms with van der Waals surface area (Å²) in [4.78, 5) is 14.3. The third-order valence-electron chi connectivity index (χ3n) is 3.92. The number of nitrogens with two attached hydrogens (primary N) is 1. The van der Waals surface area contributed by atoms with Gasteiger partial charge in [-0.05, 0) is 44.3 Å². The molecule has 0 spiro atoms. The highest BCUT2D eigenvalue weighted by molar-refractivity contribution is 5.85. The Morgan fingerprint density at radius 2 is 2.05 bits per heavy atom. The molecule has 1 aliphatic rings. The maximum Gasteiger partial charge on any atom is 0.238 e. The third kappa shape index (κ3) is 3.28. The molecule has 0 radical (unpaired) electrons. The number of hydrogen-bond donors (Lipinski definition) is 1. The molecule has 2 N–H and O–H groups in total. The fourth-order valence-electron chi connectivity index (χ4n) is 3.03. The standard InChI is InChI=1S/C15H22N2O.ClH/c1-2-10-17-11-6-9-15(17,14(16)18)12-13-7-4-3-5-8-13;/h3-5,7-8H,2,6,9-12H2,1H3,(H2,16,18);1H/t15-;/m0./s1. The molecule has 0 saturated carbocycles. The molecule has 4 heteroatoms. The third-order valence-corrected chi connectivity index (χ3v) is 3.92. The first-order chi connectivity index (χ1) is 8.69. The van der Waals surface area contributed by atoms with E-state index in [0.29, 0.717) is 0 Å². The minimum absolute atomic E-state index is 0. The van der Waals surface area contributed by atoms with Crippen LogP contribution in [0.2, 0.25) is 0 Å². The molecule has 1 saturated heterocycles. The Labute approximate surface area is 121 Å². The lowest BCUT2D eigenvalue weighted by atomic mass is 9.87. The van der Waals surface area contributed by atoms with Crippen molar-refractivity contribution in [2.24, 2.45) is 5.73 Å². The van der Waals surface area contributed by atoms with Gasteiger partial charge in [0.05, 0.1) is 0 Å². The Bertz CT molecular complexity index is 410. The van der Waals surface area contributed by atoms with Crippen LogP contribution in [0.15, 0.2) is 30.3 Å². The summed E-state index contributed by atoms with van der Waals surface area (Å²) < 4.78 is 0. The Morgan fingerprint density at radius 3 is 2.63 bits per heavy atom. The zero-order chi connectivity index (χ0) is 13.0. The van der Waals surface area contributed by atoms with Crippen molar-refractivity contribution in [3.8, 4) is 0 Å². The molecule has 1 atom stereocenters. The van der Waals surface area contributed by atoms with Crippen molar-refractivity contribution in [2.45, 2.75) is 38.1 Å². The van der Waals surface area contributed by atoms with E-state index in [1.165, 1.54) is 5.56 Å². The average molecular weight is 283 g/mol. The van der Waals surface area contributed by atoms with Gasteiger partial charge in [0.1, 0.15) is 5.54 Å². The molecule has 3 nitrogen and oxygen atoms in total. The second-order valence-electron chi connectivity index (χ2n) is 5.15. The van der Waals surface area contributed by atoms with Gasteiger partial charge in [0.25, 0.3) is 0 Å². The van der Waals surface area contributed by atoms with Crippen LogP contribution in [-0.2, 0) is 11.2 Å². The van der Waals surface area contributed by atoms with E-state index in [1.807, 2.05) is 18.2 Å². The Morgan fingerprint density at radius 1 is 1.37 bits per heavy atom. The average Bonchev–Trinajstić information content (AvgIpc) is 2.75. The topological polar surface area (TPSA) is 46.3 Å². The molecule has 1 aromatic carbocycles. The number of benzene rings is 1. The van der Waals surface area contributed by atoms with Gasteiger partial charge in [-0.25, -0.2) is 0 Å². The van der Waals surface area contributed by atoms with Crippen LogP contribution in [0.3, 0.4) is 0 Å². The number of likely N-dealkylation sites (tertiary alicyclic amines) is 1. The van der Waals surface area contributed by atoms with Gasteiger partial charge < -0.3 is 5.73 Å². The van der Waals surface area contributed by atoms with Crippen LogP contribution in [-0.4, -0.2) is 29.4 Å². The summed E-state index contributed by atoms with van der Waals surface area (Å²) in [6.45, 7) is 4.09. The predicted octanol–water partition coefficient (Wildman–Crippen LogP) is 2.38. The molecule has 0 unspecified atom stereocenters. The molecule has 19 heavy (non-hydrogen) atoms. The summed E-state index contributed by atoms with van der Waals surface area (Å²) in [6, 6.07) is 10.2. The fourth-order valence-corrected chi connectivity index (χ4v) is 3.03. The van der Waals surface area contributed by atoms with E-state index in [2.05, 4.69) is 24.0 Å². The maximum atomic E-state index is 12.0. The monoisotopic (exact) mass is 282 g/mol. The van der Waals surface area contributed by atoms with Crippen LogP contribution >= 0.6 is 12.4 Å². The van der Waals surface area contributed by atoms with E-state index in [-0.39, 0.29) is 18.3 Å². The van der Waals surface area contributed by atoms with Gasteiger partial charge in [-0.1, -0.05) is 37.3 Å². The second-order valence-corrected chi connectivity index (χ2v) is 5.15. The predicted molar refractivity (Wildman–Crippen MR) is 80.4 cm³/mol. The number of halogens is 1. The van der Waals surface area contributed by atoms with E-state index < -0.39 is 5.54 Å². The summed E-state index contributed by atoms with van der Waals surface area (Å²) in [5.74, 6) is -0.169. The number of nitrogens with zero attached hydrogens (tertiary/aromatic N) is 1. The molecule has 0 bridgehead atoms. The van der Waals surface area contributed by atoms with E-state index >= 15 is 0 Å². The van der Waals surface area contributed by atoms with Crippen LogP contribution in [0.4, 0.5) is 0 Å². The molecule has 1 aromatic rings. The molecular formula is C15H23ClN2O. The number of carbonyl (C=O) groups excluding carboxylic acids is 1. The summed E-state index contributed by atoms with van der Waals surface area (Å²) in [5.41, 5.74) is 6.45. The van der Waals surface area contributed by atoms with Gasteiger partial charge in [0.2, 0.25) is 5.91 Å². The highest BCUT2D eigenvalue weighted by atomic mass is 35.5. The summed E-state index contributed by atoms with van der Waals surface area (Å²) in [7, 11) is 0. The van der Waals surface area contributed by atoms with E-state index in [9.17, 15) is 4.79 Å². The zero-order valence-corrected chi connectivity index (χ0v) is 12.3. The maximum absolute atomic E-state index is 12.0. The SMILES string of the molecule is CCCN1CCC[C@]1(Cc1ccccc1)C(N)=O.Cl. The van der Waals surface area contributed by atoms with Gasteiger partial charge in [-0.15, -0.1) is 12.4 Å². The van der Waals surface area contributed by atoms with Crippen LogP contribution in [0.5, 0.6) is 0 Å². The molecule has 2 rings (SSSR count). The van der Waals surface area contributed by atoms with Gasteiger partial charge in [0.15, 0.2) is 0 Å².